The van der Waals surface area contributed by atoms with Crippen LogP contribution in [0, 0.1) is 46.3 Å². The average molecular weight is 1600 g/mol. The summed E-state index contributed by atoms with van der Waals surface area (Å²) in [5.41, 5.74) is 4.42. The maximum Gasteiger partial charge on any atom is 0.453 e. The lowest BCUT2D eigenvalue weighted by Crippen LogP contribution is -2.47. The molecule has 2 aromatic carbocycles. The van der Waals surface area contributed by atoms with Crippen molar-refractivity contribution in [2.24, 2.45) is 46.3 Å². The van der Waals surface area contributed by atoms with E-state index >= 15 is 0 Å². The Balaban J connectivity index is 0.000000307. The molecular weight excluding hydrogens is 1490 g/mol. The Hall–Kier alpha value is -2.89. The van der Waals surface area contributed by atoms with Gasteiger partial charge in [-0.1, -0.05) is 26.0 Å². The van der Waals surface area contributed by atoms with Crippen molar-refractivity contribution in [3.8, 4) is 11.5 Å². The lowest BCUT2D eigenvalue weighted by molar-refractivity contribution is -0.284. The molecule has 2 unspecified atom stereocenters. The Labute approximate surface area is 603 Å². The first kappa shape index (κ1) is 87.7. The minimum atomic E-state index is -5.60. The number of carbonyl (C=O) groups excluding carboxylic acids is 1. The van der Waals surface area contributed by atoms with Crippen molar-refractivity contribution >= 4 is 57.5 Å². The molecule has 14 atom stereocenters. The van der Waals surface area contributed by atoms with Gasteiger partial charge in [-0.25, -0.2) is 9.59 Å². The topological polar surface area (TPSA) is 232 Å². The number of ether oxygens (including phenoxy) is 9. The van der Waals surface area contributed by atoms with Gasteiger partial charge >= 0.3 is 36.1 Å². The minimum absolute atomic E-state index is 0. The first-order chi connectivity index (χ1) is 46.9. The first-order valence-electron chi connectivity index (χ1n) is 34.6. The highest BCUT2D eigenvalue weighted by Gasteiger charge is 2.60. The molecule has 576 valence electrons. The van der Waals surface area contributed by atoms with Crippen LogP contribution >= 0.6 is 24.0 Å². The highest BCUT2D eigenvalue weighted by molar-refractivity contribution is 14.0. The van der Waals surface area contributed by atoms with Gasteiger partial charge in [-0.05, 0) is 207 Å². The first-order valence-corrected chi connectivity index (χ1v) is 37.6. The lowest BCUT2D eigenvalue weighted by atomic mass is 9.52. The number of aromatic hydroxyl groups is 1. The molecule has 6 aliphatic rings. The largest absolute Gasteiger partial charge is 0.508 e. The molecule has 2 aromatic rings. The number of esters is 1. The van der Waals surface area contributed by atoms with Crippen LogP contribution in [0.15, 0.2) is 36.4 Å². The number of carboxylic acids is 1. The van der Waals surface area contributed by atoms with Gasteiger partial charge < -0.3 is 63.1 Å². The van der Waals surface area contributed by atoms with E-state index in [1.54, 1.807) is 20.3 Å². The van der Waals surface area contributed by atoms with Crippen LogP contribution < -0.4 is 4.74 Å². The van der Waals surface area contributed by atoms with Crippen LogP contribution in [0.2, 0.25) is 0 Å². The number of methoxy groups -OCH3 is 2. The van der Waals surface area contributed by atoms with Crippen LogP contribution in [0.3, 0.4) is 0 Å². The van der Waals surface area contributed by atoms with Crippen molar-refractivity contribution in [1.82, 2.24) is 0 Å². The number of alkyl halides is 10. The van der Waals surface area contributed by atoms with Crippen LogP contribution in [0.1, 0.15) is 151 Å². The summed E-state index contributed by atoms with van der Waals surface area (Å²) in [6, 6.07) is 11.3. The summed E-state index contributed by atoms with van der Waals surface area (Å²) in [7, 11) is 0.261. The van der Waals surface area contributed by atoms with E-state index in [-0.39, 0.29) is 120 Å². The summed E-state index contributed by atoms with van der Waals surface area (Å²) in [5, 5.41) is 39.9. The predicted molar refractivity (Wildman–Crippen MR) is 366 cm³/mol. The molecule has 6 aliphatic carbocycles. The Morgan fingerprint density at radius 2 is 0.900 bits per heavy atom. The van der Waals surface area contributed by atoms with Gasteiger partial charge in [-0.3, -0.25) is 8.42 Å². The third-order valence-corrected chi connectivity index (χ3v) is 24.1. The third-order valence-electron chi connectivity index (χ3n) is 21.1. The summed E-state index contributed by atoms with van der Waals surface area (Å²) in [6.07, 6.45) is -4.11. The summed E-state index contributed by atoms with van der Waals surface area (Å²) in [4.78, 5) is 22.6. The van der Waals surface area contributed by atoms with Gasteiger partial charge in [0.25, 0.3) is 0 Å². The van der Waals surface area contributed by atoms with E-state index < -0.39 is 83.4 Å². The summed E-state index contributed by atoms with van der Waals surface area (Å²) in [6.45, 7) is 8.99. The van der Waals surface area contributed by atoms with Crippen molar-refractivity contribution in [3.05, 3.63) is 58.7 Å². The molecule has 0 amide bonds. The molecule has 100 heavy (non-hydrogen) atoms. The van der Waals surface area contributed by atoms with E-state index in [0.717, 1.165) is 75.3 Å². The van der Waals surface area contributed by atoms with Crippen LogP contribution in [0.4, 0.5) is 43.9 Å². The van der Waals surface area contributed by atoms with E-state index in [4.69, 9.17) is 47.7 Å². The van der Waals surface area contributed by atoms with Crippen molar-refractivity contribution in [1.29, 1.82) is 0 Å². The monoisotopic (exact) mass is 1600 g/mol. The number of hydrogen-bond donors (Lipinski definition) is 4. The van der Waals surface area contributed by atoms with Gasteiger partial charge in [0.05, 0.1) is 91.5 Å². The number of benzene rings is 2. The van der Waals surface area contributed by atoms with Gasteiger partial charge in [-0.15, -0.1) is 24.0 Å². The van der Waals surface area contributed by atoms with E-state index in [1.807, 2.05) is 30.3 Å². The maximum absolute atomic E-state index is 13.3. The molecule has 0 saturated heterocycles. The lowest BCUT2D eigenvalue weighted by Gasteiger charge is -2.53. The van der Waals surface area contributed by atoms with Crippen molar-refractivity contribution < 1.29 is 125 Å². The number of fused-ring (bicyclic) bond motifs is 10. The van der Waals surface area contributed by atoms with E-state index in [0.29, 0.717) is 127 Å². The number of rotatable bonds is 39. The van der Waals surface area contributed by atoms with Crippen molar-refractivity contribution in [3.63, 3.8) is 0 Å². The number of phenols is 1. The molecule has 4 saturated carbocycles. The molecule has 0 radical (unpaired) electrons. The normalized spacial score (nSPS) is 26.7. The fraction of sp³-hybridized carbons (Fsp3) is 0.800. The summed E-state index contributed by atoms with van der Waals surface area (Å²) < 4.78 is 198. The van der Waals surface area contributed by atoms with Crippen molar-refractivity contribution in [2.75, 3.05) is 130 Å². The second-order valence-corrected chi connectivity index (χ2v) is 30.9. The maximum atomic E-state index is 13.3. The number of carbonyl (C=O) groups is 2. The number of aliphatic carboxylic acids is 1. The Morgan fingerprint density at radius 1 is 0.520 bits per heavy atom. The molecule has 0 heterocycles. The van der Waals surface area contributed by atoms with Gasteiger partial charge in [0.2, 0.25) is 0 Å². The number of phenolic OH excluding ortho intramolecular Hbond substituents is 1. The van der Waals surface area contributed by atoms with E-state index in [9.17, 15) is 77.2 Å². The molecule has 8 rings (SSSR count). The standard InChI is InChI=1S/C35H51F5O8S.C26H35F5O3S.C9H18O6.HI/c1-33-12-10-28-27-7-6-26(48-31(42)23-47-18-17-46-16-15-45-14-13-44-2)22-25(27)21-24(32(28)29(33)8-9-30(33)41)5-3-19-49(43)20-4-11-34(36,37)35(38,39)40;1-24-11-9-20-19-6-5-18(32)15-17(19)14-16(23(20)21(24)7-8-22(24)33)4-2-12-35(34)13-3-10-25(27,28)26(29,30)31;1-12-2-3-13-4-5-14-6-7-15-8-9(10)11;/h6-7,22,24,28-30,32,41H,3-5,8-21,23H2,1-2H3;5-6,15-16,20-23,32-33H,2-4,7-14H2,1H3;2-8H2,1H3,(H,10,11);1H/t24-,28-,29+,30+,32-,33+,49?;16-,20-,21+,22+,23-,24+,35?;;/m11../s1. The van der Waals surface area contributed by atoms with E-state index in [1.165, 1.54) is 11.1 Å². The zero-order valence-electron chi connectivity index (χ0n) is 57.8. The number of halogens is 11. The van der Waals surface area contributed by atoms with Crippen molar-refractivity contribution in [2.45, 2.75) is 178 Å². The zero-order valence-corrected chi connectivity index (χ0v) is 61.8. The molecular formula is C70H105F10IO17S2. The molecule has 0 bridgehead atoms. The third kappa shape index (κ3) is 25.7. The average Bonchev–Trinajstić information content (AvgIpc) is 1.42. The molecule has 17 nitrogen and oxygen atoms in total. The second-order valence-electron chi connectivity index (χ2n) is 27.5. The van der Waals surface area contributed by atoms with Gasteiger partial charge in [0.15, 0.2) is 0 Å². The SMILES string of the molecule is COCCOCCOCCOCC(=O)O.COCCOCCOCCOCC(=O)Oc1ccc2c(c1)C[C@@H](CCCS(=O)CCCC(F)(F)C(F)(F)F)[C@@H]1[C@@H]2CC[C@]2(C)[C@@H](O)CC[C@@H]12.C[C@]12CC[C@@H]3c4ccc(O)cc4C[C@@H](CCCS(=O)CCCC(F)(F)C(F)(F)F)[C@H]3[C@@H]1CC[C@@H]2O.I. The number of aliphatic hydroxyl groups excluding tert-OH is 2. The predicted octanol–water partition coefficient (Wildman–Crippen LogP) is 13.0. The van der Waals surface area contributed by atoms with Crippen LogP contribution in [0.25, 0.3) is 0 Å². The van der Waals surface area contributed by atoms with Gasteiger partial charge in [-0.2, -0.15) is 43.9 Å². The smallest absolute Gasteiger partial charge is 0.453 e. The van der Waals surface area contributed by atoms with E-state index in [2.05, 4.69) is 13.8 Å². The second kappa shape index (κ2) is 41.9. The molecule has 0 aliphatic heterocycles. The molecule has 4 fully saturated rings. The highest BCUT2D eigenvalue weighted by atomic mass is 127. The highest BCUT2D eigenvalue weighted by Crippen LogP contribution is 2.64. The quantitative estimate of drug-likeness (QED) is 0.0160. The summed E-state index contributed by atoms with van der Waals surface area (Å²) >= 11 is 0. The summed E-state index contributed by atoms with van der Waals surface area (Å²) in [5.74, 6) is -7.77. The van der Waals surface area contributed by atoms with Gasteiger partial charge in [0, 0.05) is 71.7 Å². The molecule has 0 aromatic heterocycles. The minimum Gasteiger partial charge on any atom is -0.508 e. The zero-order chi connectivity index (χ0) is 72.6. The van der Waals surface area contributed by atoms with Crippen LogP contribution in [-0.2, 0) is 81.9 Å². The molecule has 4 N–H and O–H groups in total. The molecule has 0 spiro atoms. The number of hydrogen-bond acceptors (Lipinski definition) is 16. The Kier molecular flexibility index (Phi) is 36.7. The number of carboxylic acid groups (broad SMARTS) is 1. The Morgan fingerprint density at radius 3 is 1.31 bits per heavy atom. The molecule has 30 heteroatoms. The van der Waals surface area contributed by atoms with Crippen LogP contribution in [-0.4, -0.2) is 207 Å². The fourth-order valence-corrected chi connectivity index (χ4v) is 18.5. The fourth-order valence-electron chi connectivity index (χ4n) is 16.2. The van der Waals surface area contributed by atoms with Gasteiger partial charge in [0.1, 0.15) is 24.7 Å². The van der Waals surface area contributed by atoms with Crippen LogP contribution in [0.5, 0.6) is 11.5 Å². The Bertz CT molecular complexity index is 2830. The number of aliphatic hydroxyl groups is 2.